The van der Waals surface area contributed by atoms with Gasteiger partial charge < -0.3 is 10.1 Å². The summed E-state index contributed by atoms with van der Waals surface area (Å²) in [6.45, 7) is 2.10. The van der Waals surface area contributed by atoms with Crippen molar-refractivity contribution in [2.45, 2.75) is 13.3 Å². The number of carbonyl (C=O) groups excluding carboxylic acids is 2. The predicted octanol–water partition coefficient (Wildman–Crippen LogP) is 3.91. The lowest BCUT2D eigenvalue weighted by Gasteiger charge is -2.06. The first kappa shape index (κ1) is 19.8. The second kappa shape index (κ2) is 8.92. The van der Waals surface area contributed by atoms with E-state index in [4.69, 9.17) is 4.74 Å². The maximum absolute atomic E-state index is 12.4. The minimum absolute atomic E-state index is 0.300. The number of hydrogen-bond acceptors (Lipinski definition) is 5. The number of fused-ring (bicyclic) bond motifs is 1. The molecule has 0 saturated carbocycles. The number of esters is 1. The molecule has 0 aliphatic rings. The van der Waals surface area contributed by atoms with Gasteiger partial charge in [0.25, 0.3) is 5.91 Å². The van der Waals surface area contributed by atoms with Crippen LogP contribution in [-0.2, 0) is 16.0 Å². The van der Waals surface area contributed by atoms with Crippen molar-refractivity contribution in [2.24, 2.45) is 0 Å². The number of aryl methyl sites for hydroxylation is 1. The zero-order chi connectivity index (χ0) is 20.9. The molecule has 7 heteroatoms. The number of thiophene rings is 1. The van der Waals surface area contributed by atoms with Gasteiger partial charge in [0, 0.05) is 11.9 Å². The van der Waals surface area contributed by atoms with Crippen LogP contribution in [0.5, 0.6) is 0 Å². The smallest absolute Gasteiger partial charge is 0.348 e. The number of benzene rings is 2. The summed E-state index contributed by atoms with van der Waals surface area (Å²) in [6.07, 6.45) is 0.728. The van der Waals surface area contributed by atoms with Gasteiger partial charge in [-0.25, -0.2) is 9.48 Å². The molecule has 0 unspecified atom stereocenters. The van der Waals surface area contributed by atoms with Crippen LogP contribution in [-0.4, -0.2) is 34.8 Å². The van der Waals surface area contributed by atoms with Crippen LogP contribution in [0.4, 0.5) is 0 Å². The normalized spacial score (nSPS) is 10.8. The summed E-state index contributed by atoms with van der Waals surface area (Å²) in [4.78, 5) is 25.8. The number of para-hydroxylation sites is 1. The molecule has 0 atom stereocenters. The summed E-state index contributed by atoms with van der Waals surface area (Å²) in [6, 6.07) is 21.4. The number of nitrogens with one attached hydrogen (secondary N) is 1. The van der Waals surface area contributed by atoms with Crippen molar-refractivity contribution in [2.75, 3.05) is 13.2 Å². The molecule has 0 bridgehead atoms. The number of amides is 1. The van der Waals surface area contributed by atoms with Crippen LogP contribution in [0, 0.1) is 6.92 Å². The number of ether oxygens (including phenoxy) is 1. The van der Waals surface area contributed by atoms with E-state index < -0.39 is 5.97 Å². The molecule has 30 heavy (non-hydrogen) atoms. The van der Waals surface area contributed by atoms with E-state index in [0.717, 1.165) is 33.6 Å². The molecule has 152 valence electrons. The third kappa shape index (κ3) is 4.41. The Bertz CT molecular complexity index is 1170. The average Bonchev–Trinajstić information content (AvgIpc) is 3.34. The van der Waals surface area contributed by atoms with Crippen molar-refractivity contribution in [3.05, 3.63) is 82.9 Å². The lowest BCUT2D eigenvalue weighted by atomic mass is 10.1. The summed E-state index contributed by atoms with van der Waals surface area (Å²) in [5, 5.41) is 8.24. The van der Waals surface area contributed by atoms with Crippen LogP contribution in [0.15, 0.2) is 66.7 Å². The number of nitrogens with zero attached hydrogens (tertiary/aromatic N) is 2. The van der Waals surface area contributed by atoms with Crippen molar-refractivity contribution in [1.29, 1.82) is 0 Å². The summed E-state index contributed by atoms with van der Waals surface area (Å²) in [7, 11) is 0. The largest absolute Gasteiger partial charge is 0.451 e. The topological polar surface area (TPSA) is 73.2 Å². The van der Waals surface area contributed by atoms with Gasteiger partial charge in [0.2, 0.25) is 0 Å². The number of aromatic nitrogens is 2. The highest BCUT2D eigenvalue weighted by Gasteiger charge is 2.18. The maximum Gasteiger partial charge on any atom is 0.348 e. The van der Waals surface area contributed by atoms with Crippen molar-refractivity contribution >= 4 is 33.4 Å². The lowest BCUT2D eigenvalue weighted by molar-refractivity contribution is -0.124. The molecule has 4 aromatic rings. The molecular weight excluding hydrogens is 398 g/mol. The van der Waals surface area contributed by atoms with E-state index in [0.29, 0.717) is 11.4 Å². The van der Waals surface area contributed by atoms with Crippen LogP contribution < -0.4 is 5.32 Å². The summed E-state index contributed by atoms with van der Waals surface area (Å²) < 4.78 is 7.03. The van der Waals surface area contributed by atoms with Gasteiger partial charge in [-0.3, -0.25) is 4.79 Å². The minimum Gasteiger partial charge on any atom is -0.451 e. The average molecular weight is 420 g/mol. The summed E-state index contributed by atoms with van der Waals surface area (Å²) in [5.74, 6) is -0.819. The van der Waals surface area contributed by atoms with Crippen LogP contribution in [0.3, 0.4) is 0 Å². The number of rotatable bonds is 7. The molecule has 0 saturated heterocycles. The first-order valence-corrected chi connectivity index (χ1v) is 10.5. The van der Waals surface area contributed by atoms with Crippen molar-refractivity contribution < 1.29 is 14.3 Å². The van der Waals surface area contributed by atoms with Gasteiger partial charge in [-0.05, 0) is 37.1 Å². The van der Waals surface area contributed by atoms with Gasteiger partial charge in [-0.1, -0.05) is 48.5 Å². The Balaban J connectivity index is 1.36. The van der Waals surface area contributed by atoms with E-state index in [9.17, 15) is 9.59 Å². The second-order valence-electron chi connectivity index (χ2n) is 6.82. The number of hydrogen-bond donors (Lipinski definition) is 1. The predicted molar refractivity (Wildman–Crippen MR) is 117 cm³/mol. The molecule has 4 rings (SSSR count). The SMILES string of the molecule is Cc1nn(-c2ccccc2)c2sc(C(=O)OCC(=O)NCCc3ccccc3)cc12. The Hall–Kier alpha value is -3.45. The third-order valence-electron chi connectivity index (χ3n) is 4.66. The fraction of sp³-hybridized carbons (Fsp3) is 0.174. The van der Waals surface area contributed by atoms with E-state index in [1.54, 1.807) is 6.07 Å². The molecule has 0 aliphatic heterocycles. The molecule has 1 amide bonds. The molecule has 1 N–H and O–H groups in total. The summed E-state index contributed by atoms with van der Waals surface area (Å²) in [5.41, 5.74) is 2.90. The van der Waals surface area contributed by atoms with Gasteiger partial charge in [-0.15, -0.1) is 11.3 Å². The first-order valence-electron chi connectivity index (χ1n) is 9.64. The van der Waals surface area contributed by atoms with Gasteiger partial charge in [0.05, 0.1) is 11.4 Å². The second-order valence-corrected chi connectivity index (χ2v) is 7.85. The van der Waals surface area contributed by atoms with Gasteiger partial charge in [0.15, 0.2) is 6.61 Å². The molecule has 0 aliphatic carbocycles. The first-order chi connectivity index (χ1) is 14.6. The molecule has 0 fully saturated rings. The molecule has 2 aromatic carbocycles. The standard InChI is InChI=1S/C23H21N3O3S/c1-16-19-14-20(30-22(19)26(25-16)18-10-6-3-7-11-18)23(28)29-15-21(27)24-13-12-17-8-4-2-5-9-17/h2-11,14H,12-13,15H2,1H3,(H,24,27). The Morgan fingerprint density at radius 1 is 1.07 bits per heavy atom. The molecular formula is C23H21N3O3S. The Morgan fingerprint density at radius 2 is 1.77 bits per heavy atom. The van der Waals surface area contributed by atoms with Crippen LogP contribution >= 0.6 is 11.3 Å². The number of carbonyl (C=O) groups is 2. The maximum atomic E-state index is 12.4. The van der Waals surface area contributed by atoms with Gasteiger partial charge in [0.1, 0.15) is 9.71 Å². The zero-order valence-corrected chi connectivity index (χ0v) is 17.3. The van der Waals surface area contributed by atoms with Gasteiger partial charge >= 0.3 is 5.97 Å². The van der Waals surface area contributed by atoms with Crippen molar-refractivity contribution in [3.63, 3.8) is 0 Å². The highest BCUT2D eigenvalue weighted by atomic mass is 32.1. The Labute approximate surface area is 178 Å². The Kier molecular flexibility index (Phi) is 5.90. The fourth-order valence-corrected chi connectivity index (χ4v) is 4.21. The molecule has 0 spiro atoms. The van der Waals surface area contributed by atoms with Crippen LogP contribution in [0.1, 0.15) is 20.9 Å². The van der Waals surface area contributed by atoms with Crippen molar-refractivity contribution in [1.82, 2.24) is 15.1 Å². The van der Waals surface area contributed by atoms with E-state index in [2.05, 4.69) is 10.4 Å². The lowest BCUT2D eigenvalue weighted by Crippen LogP contribution is -2.30. The molecule has 6 nitrogen and oxygen atoms in total. The highest BCUT2D eigenvalue weighted by Crippen LogP contribution is 2.30. The zero-order valence-electron chi connectivity index (χ0n) is 16.5. The highest BCUT2D eigenvalue weighted by molar-refractivity contribution is 7.20. The monoisotopic (exact) mass is 419 g/mol. The van der Waals surface area contributed by atoms with Crippen LogP contribution in [0.2, 0.25) is 0 Å². The van der Waals surface area contributed by atoms with Gasteiger partial charge in [-0.2, -0.15) is 5.10 Å². The van der Waals surface area contributed by atoms with E-state index >= 15 is 0 Å². The minimum atomic E-state index is -0.506. The summed E-state index contributed by atoms with van der Waals surface area (Å²) >= 11 is 1.31. The Morgan fingerprint density at radius 3 is 2.50 bits per heavy atom. The molecule has 0 radical (unpaired) electrons. The van der Waals surface area contributed by atoms with E-state index in [-0.39, 0.29) is 12.5 Å². The fourth-order valence-electron chi connectivity index (χ4n) is 3.14. The quantitative estimate of drug-likeness (QED) is 0.461. The van der Waals surface area contributed by atoms with Crippen molar-refractivity contribution in [3.8, 4) is 5.69 Å². The van der Waals surface area contributed by atoms with E-state index in [1.807, 2.05) is 72.3 Å². The van der Waals surface area contributed by atoms with E-state index in [1.165, 1.54) is 11.3 Å². The molecule has 2 heterocycles. The van der Waals surface area contributed by atoms with Crippen LogP contribution in [0.25, 0.3) is 15.9 Å². The third-order valence-corrected chi connectivity index (χ3v) is 5.75. The molecule has 2 aromatic heterocycles.